The lowest BCUT2D eigenvalue weighted by atomic mass is 9.96. The fourth-order valence-electron chi connectivity index (χ4n) is 2.42. The molecule has 1 aromatic carbocycles. The Morgan fingerprint density at radius 2 is 2.14 bits per heavy atom. The molecule has 0 radical (unpaired) electrons. The van der Waals surface area contributed by atoms with Gasteiger partial charge < -0.3 is 15.7 Å². The Morgan fingerprint density at radius 1 is 1.38 bits per heavy atom. The Bertz CT molecular complexity index is 557. The third kappa shape index (κ3) is 4.33. The molecule has 1 heterocycles. The molecule has 1 aromatic rings. The summed E-state index contributed by atoms with van der Waals surface area (Å²) in [6.45, 7) is 1.78. The van der Waals surface area contributed by atoms with Gasteiger partial charge in [-0.1, -0.05) is 23.2 Å². The third-order valence-electron chi connectivity index (χ3n) is 3.42. The number of benzene rings is 1. The molecule has 5 nitrogen and oxygen atoms in total. The molecular weight excluding hydrogens is 315 g/mol. The van der Waals surface area contributed by atoms with Gasteiger partial charge >= 0.3 is 5.97 Å². The van der Waals surface area contributed by atoms with Crippen molar-refractivity contribution in [1.82, 2.24) is 5.32 Å². The zero-order valence-corrected chi connectivity index (χ0v) is 12.8. The normalized spacial score (nSPS) is 18.3. The molecule has 2 rings (SSSR count). The number of nitrogens with one attached hydrogen (secondary N) is 2. The van der Waals surface area contributed by atoms with Crippen LogP contribution >= 0.6 is 23.2 Å². The number of aromatic carboxylic acids is 1. The SMILES string of the molecule is O=C(CC1CCCNC1)Nc1c(Cl)cc(Cl)cc1C(=O)O. The average molecular weight is 331 g/mol. The van der Waals surface area contributed by atoms with Crippen molar-refractivity contribution >= 4 is 40.8 Å². The van der Waals surface area contributed by atoms with Crippen molar-refractivity contribution in [3.05, 3.63) is 27.7 Å². The van der Waals surface area contributed by atoms with E-state index in [0.29, 0.717) is 6.42 Å². The van der Waals surface area contributed by atoms with E-state index in [0.717, 1.165) is 25.9 Å². The lowest BCUT2D eigenvalue weighted by molar-refractivity contribution is -0.117. The maximum Gasteiger partial charge on any atom is 0.337 e. The van der Waals surface area contributed by atoms with Crippen LogP contribution in [0.4, 0.5) is 5.69 Å². The van der Waals surface area contributed by atoms with E-state index in [1.165, 1.54) is 12.1 Å². The molecule has 1 fully saturated rings. The first-order valence-electron chi connectivity index (χ1n) is 6.70. The monoisotopic (exact) mass is 330 g/mol. The smallest absolute Gasteiger partial charge is 0.337 e. The van der Waals surface area contributed by atoms with Gasteiger partial charge in [0.25, 0.3) is 0 Å². The summed E-state index contributed by atoms with van der Waals surface area (Å²) >= 11 is 11.8. The molecule has 1 aliphatic heterocycles. The predicted molar refractivity (Wildman–Crippen MR) is 82.3 cm³/mol. The summed E-state index contributed by atoms with van der Waals surface area (Å²) in [5.74, 6) is -1.16. The van der Waals surface area contributed by atoms with Gasteiger partial charge in [0.2, 0.25) is 5.91 Å². The van der Waals surface area contributed by atoms with E-state index in [-0.39, 0.29) is 33.1 Å². The number of rotatable bonds is 4. The standard InChI is InChI=1S/C14H16Cl2N2O3/c15-9-5-10(14(20)21)13(11(16)6-9)18-12(19)4-8-2-1-3-17-7-8/h5-6,8,17H,1-4,7H2,(H,18,19)(H,20,21). The van der Waals surface area contributed by atoms with Gasteiger partial charge in [-0.05, 0) is 44.0 Å². The van der Waals surface area contributed by atoms with Crippen LogP contribution in [0.2, 0.25) is 10.0 Å². The minimum atomic E-state index is -1.19. The zero-order valence-electron chi connectivity index (χ0n) is 11.3. The second-order valence-electron chi connectivity index (χ2n) is 5.08. The number of hydrogen-bond donors (Lipinski definition) is 3. The molecule has 7 heteroatoms. The number of carbonyl (C=O) groups excluding carboxylic acids is 1. The molecular formula is C14H16Cl2N2O3. The van der Waals surface area contributed by atoms with E-state index >= 15 is 0 Å². The molecule has 1 aliphatic rings. The first-order valence-corrected chi connectivity index (χ1v) is 7.46. The zero-order chi connectivity index (χ0) is 15.4. The number of halogens is 2. The van der Waals surface area contributed by atoms with E-state index in [4.69, 9.17) is 23.2 Å². The highest BCUT2D eigenvalue weighted by molar-refractivity contribution is 6.37. The number of piperidine rings is 1. The van der Waals surface area contributed by atoms with Gasteiger partial charge in [0.05, 0.1) is 16.3 Å². The Labute approximate surface area is 132 Å². The van der Waals surface area contributed by atoms with E-state index in [2.05, 4.69) is 10.6 Å². The molecule has 1 unspecified atom stereocenters. The third-order valence-corrected chi connectivity index (χ3v) is 3.94. The summed E-state index contributed by atoms with van der Waals surface area (Å²) in [6.07, 6.45) is 2.37. The van der Waals surface area contributed by atoms with Crippen LogP contribution in [-0.2, 0) is 4.79 Å². The first-order chi connectivity index (χ1) is 9.97. The number of hydrogen-bond acceptors (Lipinski definition) is 3. The molecule has 0 bridgehead atoms. The number of anilines is 1. The first kappa shape index (κ1) is 16.1. The van der Waals surface area contributed by atoms with Crippen LogP contribution in [0.3, 0.4) is 0 Å². The Morgan fingerprint density at radius 3 is 2.76 bits per heavy atom. The minimum Gasteiger partial charge on any atom is -0.478 e. The van der Waals surface area contributed by atoms with E-state index in [1.54, 1.807) is 0 Å². The van der Waals surface area contributed by atoms with Crippen LogP contribution in [0, 0.1) is 5.92 Å². The average Bonchev–Trinajstić information content (AvgIpc) is 2.42. The number of carbonyl (C=O) groups is 2. The lowest BCUT2D eigenvalue weighted by Gasteiger charge is -2.22. The molecule has 0 aromatic heterocycles. The second kappa shape index (κ2) is 7.11. The molecule has 1 amide bonds. The van der Waals surface area contributed by atoms with E-state index in [9.17, 15) is 14.7 Å². The fourth-order valence-corrected chi connectivity index (χ4v) is 2.96. The molecule has 0 saturated carbocycles. The van der Waals surface area contributed by atoms with Gasteiger partial charge in [-0.25, -0.2) is 4.79 Å². The summed E-state index contributed by atoms with van der Waals surface area (Å²) < 4.78 is 0. The summed E-state index contributed by atoms with van der Waals surface area (Å²) in [6, 6.07) is 2.68. The van der Waals surface area contributed by atoms with Gasteiger partial charge in [0.1, 0.15) is 0 Å². The van der Waals surface area contributed by atoms with Gasteiger partial charge in [-0.15, -0.1) is 0 Å². The highest BCUT2D eigenvalue weighted by Gasteiger charge is 2.20. The van der Waals surface area contributed by atoms with Crippen molar-refractivity contribution in [1.29, 1.82) is 0 Å². The molecule has 21 heavy (non-hydrogen) atoms. The molecule has 0 spiro atoms. The van der Waals surface area contributed by atoms with Crippen LogP contribution < -0.4 is 10.6 Å². The van der Waals surface area contributed by atoms with Crippen molar-refractivity contribution in [3.63, 3.8) is 0 Å². The van der Waals surface area contributed by atoms with E-state index in [1.807, 2.05) is 0 Å². The topological polar surface area (TPSA) is 78.4 Å². The summed E-state index contributed by atoms with van der Waals surface area (Å²) in [5.41, 5.74) is -0.00930. The van der Waals surface area contributed by atoms with Crippen molar-refractivity contribution in [3.8, 4) is 0 Å². The van der Waals surface area contributed by atoms with Crippen molar-refractivity contribution < 1.29 is 14.7 Å². The van der Waals surface area contributed by atoms with Gasteiger partial charge in [-0.3, -0.25) is 4.79 Å². The highest BCUT2D eigenvalue weighted by Crippen LogP contribution is 2.30. The van der Waals surface area contributed by atoms with Crippen LogP contribution in [0.1, 0.15) is 29.6 Å². The molecule has 1 saturated heterocycles. The molecule has 114 valence electrons. The van der Waals surface area contributed by atoms with Crippen LogP contribution in [0.15, 0.2) is 12.1 Å². The van der Waals surface area contributed by atoms with Crippen LogP contribution in [-0.4, -0.2) is 30.1 Å². The lowest BCUT2D eigenvalue weighted by Crippen LogP contribution is -2.32. The maximum absolute atomic E-state index is 12.1. The van der Waals surface area contributed by atoms with Crippen LogP contribution in [0.25, 0.3) is 0 Å². The van der Waals surface area contributed by atoms with Gasteiger partial charge in [-0.2, -0.15) is 0 Å². The number of carboxylic acids is 1. The Kier molecular flexibility index (Phi) is 5.45. The van der Waals surface area contributed by atoms with Gasteiger partial charge in [0, 0.05) is 11.4 Å². The number of amides is 1. The minimum absolute atomic E-state index is 0.0994. The Balaban J connectivity index is 2.11. The molecule has 0 aliphatic carbocycles. The maximum atomic E-state index is 12.1. The molecule has 1 atom stereocenters. The molecule has 3 N–H and O–H groups in total. The van der Waals surface area contributed by atoms with Gasteiger partial charge in [0.15, 0.2) is 0 Å². The second-order valence-corrected chi connectivity index (χ2v) is 5.92. The van der Waals surface area contributed by atoms with E-state index < -0.39 is 5.97 Å². The Hall–Kier alpha value is -1.30. The summed E-state index contributed by atoms with van der Waals surface area (Å²) in [5, 5.41) is 15.3. The highest BCUT2D eigenvalue weighted by atomic mass is 35.5. The van der Waals surface area contributed by atoms with Crippen molar-refractivity contribution in [2.24, 2.45) is 5.92 Å². The summed E-state index contributed by atoms with van der Waals surface area (Å²) in [4.78, 5) is 23.3. The quantitative estimate of drug-likeness (QED) is 0.792. The number of carboxylic acid groups (broad SMARTS) is 1. The predicted octanol–water partition coefficient (Wildman–Crippen LogP) is 3.02. The van der Waals surface area contributed by atoms with Crippen LogP contribution in [0.5, 0.6) is 0 Å². The van der Waals surface area contributed by atoms with Crippen molar-refractivity contribution in [2.75, 3.05) is 18.4 Å². The largest absolute Gasteiger partial charge is 0.478 e. The van der Waals surface area contributed by atoms with Crippen molar-refractivity contribution in [2.45, 2.75) is 19.3 Å². The summed E-state index contributed by atoms with van der Waals surface area (Å²) in [7, 11) is 0. The fraction of sp³-hybridized carbons (Fsp3) is 0.429.